The van der Waals surface area contributed by atoms with Crippen LogP contribution in [0.3, 0.4) is 0 Å². The van der Waals surface area contributed by atoms with E-state index in [1.54, 1.807) is 0 Å². The van der Waals surface area contributed by atoms with Crippen molar-refractivity contribution in [2.24, 2.45) is 0 Å². The number of hydrogen-bond donors (Lipinski definition) is 0. The SMILES string of the molecule is [Na+].[O-]c1c(Cl)cc(Cl)cc1Cl. The molecule has 0 N–H and O–H groups in total. The minimum absolute atomic E-state index is 0. The van der Waals surface area contributed by atoms with Crippen LogP contribution in [0, 0.1) is 0 Å². The number of benzene rings is 1. The second-order valence-electron chi connectivity index (χ2n) is 1.70. The molecule has 5 heteroatoms. The molecule has 0 amide bonds. The van der Waals surface area contributed by atoms with Crippen molar-refractivity contribution in [2.45, 2.75) is 0 Å². The Morgan fingerprint density at radius 3 is 1.73 bits per heavy atom. The van der Waals surface area contributed by atoms with E-state index in [0.29, 0.717) is 5.02 Å². The van der Waals surface area contributed by atoms with E-state index in [1.807, 2.05) is 0 Å². The topological polar surface area (TPSA) is 23.1 Å². The van der Waals surface area contributed by atoms with Gasteiger partial charge in [-0.3, -0.25) is 0 Å². The fourth-order valence-corrected chi connectivity index (χ4v) is 1.35. The first-order chi connectivity index (χ1) is 4.61. The molecule has 0 heterocycles. The van der Waals surface area contributed by atoms with Crippen LogP contribution in [0.15, 0.2) is 12.1 Å². The van der Waals surface area contributed by atoms with Gasteiger partial charge in [-0.05, 0) is 12.1 Å². The van der Waals surface area contributed by atoms with E-state index in [2.05, 4.69) is 0 Å². The Morgan fingerprint density at radius 1 is 1.00 bits per heavy atom. The van der Waals surface area contributed by atoms with Gasteiger partial charge >= 0.3 is 29.6 Å². The summed E-state index contributed by atoms with van der Waals surface area (Å²) in [5.74, 6) is -0.382. The van der Waals surface area contributed by atoms with Crippen LogP contribution < -0.4 is 34.7 Å². The Hall–Kier alpha value is 0.890. The number of rotatable bonds is 0. The van der Waals surface area contributed by atoms with Crippen LogP contribution in [0.1, 0.15) is 0 Å². The van der Waals surface area contributed by atoms with Crippen LogP contribution in [0.2, 0.25) is 15.1 Å². The van der Waals surface area contributed by atoms with Crippen molar-refractivity contribution >= 4 is 34.8 Å². The molecule has 0 radical (unpaired) electrons. The molecule has 0 bridgehead atoms. The van der Waals surface area contributed by atoms with E-state index in [9.17, 15) is 5.11 Å². The molecule has 1 rings (SSSR count). The summed E-state index contributed by atoms with van der Waals surface area (Å²) in [5.41, 5.74) is 0. The van der Waals surface area contributed by atoms with Crippen molar-refractivity contribution in [2.75, 3.05) is 0 Å². The molecule has 0 atom stereocenters. The first-order valence-electron chi connectivity index (χ1n) is 2.43. The molecule has 54 valence electrons. The summed E-state index contributed by atoms with van der Waals surface area (Å²) in [5, 5.41) is 11.3. The molecule has 1 nitrogen and oxygen atoms in total. The summed E-state index contributed by atoms with van der Waals surface area (Å²) in [6, 6.07) is 2.72. The molecule has 1 aromatic rings. The van der Waals surface area contributed by atoms with Crippen LogP contribution in [0.5, 0.6) is 5.75 Å². The zero-order valence-electron chi connectivity index (χ0n) is 5.70. The fraction of sp³-hybridized carbons (Fsp3) is 0. The number of hydrogen-bond acceptors (Lipinski definition) is 1. The van der Waals surface area contributed by atoms with Gasteiger partial charge in [0, 0.05) is 15.1 Å². The molecule has 0 unspecified atom stereocenters. The third-order valence-electron chi connectivity index (χ3n) is 0.963. The maximum absolute atomic E-state index is 10.8. The first kappa shape index (κ1) is 11.9. The third kappa shape index (κ3) is 3.02. The summed E-state index contributed by atoms with van der Waals surface area (Å²) >= 11 is 16.4. The van der Waals surface area contributed by atoms with Gasteiger partial charge in [-0.2, -0.15) is 0 Å². The zero-order valence-corrected chi connectivity index (χ0v) is 9.96. The summed E-state index contributed by atoms with van der Waals surface area (Å²) in [4.78, 5) is 0. The Kier molecular flexibility index (Phi) is 5.19. The minimum Gasteiger partial charge on any atom is -0.870 e. The van der Waals surface area contributed by atoms with Gasteiger partial charge in [0.15, 0.2) is 0 Å². The van der Waals surface area contributed by atoms with Crippen LogP contribution in [-0.4, -0.2) is 0 Å². The van der Waals surface area contributed by atoms with Crippen molar-refractivity contribution in [1.29, 1.82) is 0 Å². The average molecular weight is 219 g/mol. The third-order valence-corrected chi connectivity index (χ3v) is 1.74. The molecule has 0 aliphatic carbocycles. The van der Waals surface area contributed by atoms with E-state index >= 15 is 0 Å². The van der Waals surface area contributed by atoms with Crippen LogP contribution in [0.25, 0.3) is 0 Å². The van der Waals surface area contributed by atoms with E-state index < -0.39 is 0 Å². The van der Waals surface area contributed by atoms with Crippen molar-refractivity contribution in [3.05, 3.63) is 27.2 Å². The maximum Gasteiger partial charge on any atom is 1.00 e. The van der Waals surface area contributed by atoms with Crippen LogP contribution in [-0.2, 0) is 0 Å². The van der Waals surface area contributed by atoms with Gasteiger partial charge in [-0.15, -0.1) is 0 Å². The molecule has 0 saturated heterocycles. The van der Waals surface area contributed by atoms with Gasteiger partial charge in [-0.25, -0.2) is 0 Å². The average Bonchev–Trinajstić information content (AvgIpc) is 1.82. The number of halogens is 3. The van der Waals surface area contributed by atoms with E-state index in [0.717, 1.165) is 0 Å². The molecular weight excluding hydrogens is 217 g/mol. The van der Waals surface area contributed by atoms with E-state index in [1.165, 1.54) is 12.1 Å². The second kappa shape index (κ2) is 4.80. The fourth-order valence-electron chi connectivity index (χ4n) is 0.529. The summed E-state index contributed by atoms with van der Waals surface area (Å²) in [6.45, 7) is 0. The van der Waals surface area contributed by atoms with Crippen LogP contribution >= 0.6 is 34.8 Å². The van der Waals surface area contributed by atoms with Crippen LogP contribution in [0.4, 0.5) is 0 Å². The van der Waals surface area contributed by atoms with E-state index in [-0.39, 0.29) is 45.4 Å². The Morgan fingerprint density at radius 2 is 1.36 bits per heavy atom. The molecule has 0 fully saturated rings. The molecule has 1 aromatic carbocycles. The monoisotopic (exact) mass is 218 g/mol. The molecule has 0 aliphatic heterocycles. The quantitative estimate of drug-likeness (QED) is 0.551. The van der Waals surface area contributed by atoms with Crippen molar-refractivity contribution in [1.82, 2.24) is 0 Å². The standard InChI is InChI=1S/C6H3Cl3O.Na/c7-3-1-4(8)6(10)5(9)2-3;/h1-2,10H;/q;+1/p-1. The molecule has 0 aromatic heterocycles. The smallest absolute Gasteiger partial charge is 0.870 e. The molecule has 0 saturated carbocycles. The van der Waals surface area contributed by atoms with Gasteiger partial charge in [-0.1, -0.05) is 40.6 Å². The van der Waals surface area contributed by atoms with Crippen molar-refractivity contribution in [3.8, 4) is 5.75 Å². The Bertz CT molecular complexity index is 241. The normalized spacial score (nSPS) is 9.00. The predicted molar refractivity (Wildman–Crippen MR) is 40.9 cm³/mol. The largest absolute Gasteiger partial charge is 1.00 e. The summed E-state index contributed by atoms with van der Waals surface area (Å²) in [6.07, 6.45) is 0. The molecule has 0 aliphatic rings. The Labute approximate surface area is 102 Å². The first-order valence-corrected chi connectivity index (χ1v) is 3.56. The second-order valence-corrected chi connectivity index (χ2v) is 2.95. The summed E-state index contributed by atoms with van der Waals surface area (Å²) < 4.78 is 0. The van der Waals surface area contributed by atoms with Gasteiger partial charge in [0.2, 0.25) is 0 Å². The summed E-state index contributed by atoms with van der Waals surface area (Å²) in [7, 11) is 0. The zero-order chi connectivity index (χ0) is 7.72. The molecule has 11 heavy (non-hydrogen) atoms. The minimum atomic E-state index is -0.382. The maximum atomic E-state index is 10.8. The van der Waals surface area contributed by atoms with Gasteiger partial charge in [0.05, 0.1) is 0 Å². The molecule has 0 spiro atoms. The molecular formula is C6H2Cl3NaO. The van der Waals surface area contributed by atoms with Crippen molar-refractivity contribution in [3.63, 3.8) is 0 Å². The van der Waals surface area contributed by atoms with E-state index in [4.69, 9.17) is 34.8 Å². The van der Waals surface area contributed by atoms with Gasteiger partial charge in [0.25, 0.3) is 0 Å². The van der Waals surface area contributed by atoms with Gasteiger partial charge < -0.3 is 5.11 Å². The predicted octanol–water partition coefficient (Wildman–Crippen LogP) is -0.276. The van der Waals surface area contributed by atoms with Crippen molar-refractivity contribution < 1.29 is 34.7 Å². The van der Waals surface area contributed by atoms with Gasteiger partial charge in [0.1, 0.15) is 0 Å². The Balaban J connectivity index is 0.000001000.